The van der Waals surface area contributed by atoms with Crippen LogP contribution in [0.2, 0.25) is 5.02 Å². The Bertz CT molecular complexity index is 815. The van der Waals surface area contributed by atoms with Crippen LogP contribution in [0.15, 0.2) is 39.8 Å². The molecule has 1 aliphatic heterocycles. The smallest absolute Gasteiger partial charge is 0.331 e. The lowest BCUT2D eigenvalue weighted by Gasteiger charge is -2.31. The van der Waals surface area contributed by atoms with Crippen molar-refractivity contribution in [3.05, 3.63) is 56.5 Å². The zero-order chi connectivity index (χ0) is 16.7. The first-order valence-electron chi connectivity index (χ1n) is 6.99. The number of halogens is 2. The molecule has 1 aliphatic rings. The van der Waals surface area contributed by atoms with Crippen LogP contribution < -0.4 is 4.90 Å². The minimum absolute atomic E-state index is 0.563. The summed E-state index contributed by atoms with van der Waals surface area (Å²) >= 11 is 9.58. The quantitative estimate of drug-likeness (QED) is 0.779. The fourth-order valence-electron chi connectivity index (χ4n) is 2.69. The first-order valence-corrected chi connectivity index (χ1v) is 8.16. The summed E-state index contributed by atoms with van der Waals surface area (Å²) in [6.45, 7) is 3.86. The number of benzene rings is 2. The third-order valence-corrected chi connectivity index (χ3v) is 4.83. The molecule has 0 fully saturated rings. The molecule has 118 valence electrons. The number of hydrogen-bond donors (Lipinski definition) is 1. The van der Waals surface area contributed by atoms with Crippen molar-refractivity contribution in [3.8, 4) is 0 Å². The van der Waals surface area contributed by atoms with Crippen molar-refractivity contribution in [2.24, 2.45) is 4.99 Å². The Labute approximate surface area is 147 Å². The molecule has 1 unspecified atom stereocenters. The number of fused-ring (bicyclic) bond motifs is 1. The van der Waals surface area contributed by atoms with E-state index in [0.717, 1.165) is 15.6 Å². The number of aliphatic carboxylic acids is 1. The molecule has 0 amide bonds. The van der Waals surface area contributed by atoms with Crippen molar-refractivity contribution in [1.82, 2.24) is 0 Å². The Morgan fingerprint density at radius 1 is 1.26 bits per heavy atom. The summed E-state index contributed by atoms with van der Waals surface area (Å²) in [5, 5.41) is 10.3. The maximum atomic E-state index is 11.9. The molecule has 0 spiro atoms. The van der Waals surface area contributed by atoms with E-state index < -0.39 is 12.0 Å². The fourth-order valence-corrected chi connectivity index (χ4v) is 3.33. The van der Waals surface area contributed by atoms with Gasteiger partial charge in [-0.25, -0.2) is 9.79 Å². The highest BCUT2D eigenvalue weighted by Crippen LogP contribution is 2.39. The second-order valence-electron chi connectivity index (χ2n) is 5.54. The Hall–Kier alpha value is -1.85. The molecule has 0 saturated heterocycles. The normalized spacial score (nSPS) is 16.3. The number of aliphatic imine (C=N–C) groups is 1. The number of nitrogens with zero attached hydrogens (tertiary/aromatic N) is 2. The summed E-state index contributed by atoms with van der Waals surface area (Å²) in [5.41, 5.74) is 4.00. The molecule has 1 N–H and O–H groups in total. The Morgan fingerprint density at radius 2 is 2.00 bits per heavy atom. The third kappa shape index (κ3) is 2.99. The molecule has 0 bridgehead atoms. The van der Waals surface area contributed by atoms with Gasteiger partial charge < -0.3 is 10.0 Å². The number of hydrogen-bond acceptors (Lipinski definition) is 3. The van der Waals surface area contributed by atoms with Crippen LogP contribution in [0.4, 0.5) is 11.4 Å². The van der Waals surface area contributed by atoms with Crippen molar-refractivity contribution >= 4 is 51.2 Å². The van der Waals surface area contributed by atoms with Gasteiger partial charge in [0.25, 0.3) is 0 Å². The lowest BCUT2D eigenvalue weighted by Crippen LogP contribution is -2.35. The molecule has 23 heavy (non-hydrogen) atoms. The van der Waals surface area contributed by atoms with Gasteiger partial charge in [-0.05, 0) is 55.3 Å². The standard InChI is InChI=1S/C17H14BrClN2O2/c1-9-3-11(19)6-12(4-9)21-8-20-15-5-10(2)14(18)7-13(15)16(21)17(22)23/h3-8,16H,1-2H3,(H,22,23). The molecule has 1 heterocycles. The highest BCUT2D eigenvalue weighted by molar-refractivity contribution is 9.10. The monoisotopic (exact) mass is 392 g/mol. The molecular weight excluding hydrogens is 380 g/mol. The van der Waals surface area contributed by atoms with E-state index in [0.29, 0.717) is 22.0 Å². The molecular formula is C17H14BrClN2O2. The SMILES string of the molecule is Cc1cc(Cl)cc(N2C=Nc3cc(C)c(Br)cc3C2C(=O)O)c1. The van der Waals surface area contributed by atoms with Gasteiger partial charge in [-0.2, -0.15) is 0 Å². The minimum atomic E-state index is -0.939. The van der Waals surface area contributed by atoms with Crippen LogP contribution in [0.3, 0.4) is 0 Å². The van der Waals surface area contributed by atoms with Gasteiger partial charge in [0.2, 0.25) is 0 Å². The van der Waals surface area contributed by atoms with E-state index in [-0.39, 0.29) is 0 Å². The summed E-state index contributed by atoms with van der Waals surface area (Å²) in [6, 6.07) is 8.32. The summed E-state index contributed by atoms with van der Waals surface area (Å²) < 4.78 is 0.863. The van der Waals surface area contributed by atoms with Crippen LogP contribution in [0, 0.1) is 13.8 Å². The van der Waals surface area contributed by atoms with Gasteiger partial charge in [0, 0.05) is 20.7 Å². The van der Waals surface area contributed by atoms with Gasteiger partial charge in [-0.15, -0.1) is 0 Å². The van der Waals surface area contributed by atoms with Crippen molar-refractivity contribution < 1.29 is 9.90 Å². The topological polar surface area (TPSA) is 52.9 Å². The second-order valence-corrected chi connectivity index (χ2v) is 6.83. The zero-order valence-electron chi connectivity index (χ0n) is 12.5. The van der Waals surface area contributed by atoms with E-state index in [9.17, 15) is 9.90 Å². The van der Waals surface area contributed by atoms with Gasteiger partial charge in [0.05, 0.1) is 12.0 Å². The first kappa shape index (κ1) is 16.0. The van der Waals surface area contributed by atoms with E-state index >= 15 is 0 Å². The van der Waals surface area contributed by atoms with Gasteiger partial charge in [0.1, 0.15) is 0 Å². The lowest BCUT2D eigenvalue weighted by molar-refractivity contribution is -0.138. The average molecular weight is 394 g/mol. The van der Waals surface area contributed by atoms with E-state index in [2.05, 4.69) is 20.9 Å². The van der Waals surface area contributed by atoms with E-state index in [1.54, 1.807) is 17.3 Å². The van der Waals surface area contributed by atoms with E-state index in [1.807, 2.05) is 38.1 Å². The first-order chi connectivity index (χ1) is 10.9. The largest absolute Gasteiger partial charge is 0.479 e. The van der Waals surface area contributed by atoms with Gasteiger partial charge >= 0.3 is 5.97 Å². The van der Waals surface area contributed by atoms with Crippen LogP contribution in [0.1, 0.15) is 22.7 Å². The molecule has 3 rings (SSSR count). The molecule has 0 radical (unpaired) electrons. The molecule has 1 atom stereocenters. The molecule has 0 aromatic heterocycles. The average Bonchev–Trinajstić information content (AvgIpc) is 2.46. The number of aryl methyl sites for hydroxylation is 2. The van der Waals surface area contributed by atoms with Gasteiger partial charge in [0.15, 0.2) is 6.04 Å². The summed E-state index contributed by atoms with van der Waals surface area (Å²) in [7, 11) is 0. The Morgan fingerprint density at radius 3 is 2.65 bits per heavy atom. The minimum Gasteiger partial charge on any atom is -0.479 e. The van der Waals surface area contributed by atoms with Crippen molar-refractivity contribution in [2.45, 2.75) is 19.9 Å². The molecule has 2 aromatic carbocycles. The number of carboxylic acid groups (broad SMARTS) is 1. The van der Waals surface area contributed by atoms with Crippen LogP contribution in [-0.4, -0.2) is 17.4 Å². The Kier molecular flexibility index (Phi) is 4.17. The molecule has 0 saturated carbocycles. The number of carbonyl (C=O) groups is 1. The predicted octanol–water partition coefficient (Wildman–Crippen LogP) is 5.03. The molecule has 6 heteroatoms. The molecule has 0 aliphatic carbocycles. The van der Waals surface area contributed by atoms with Crippen molar-refractivity contribution in [1.29, 1.82) is 0 Å². The maximum Gasteiger partial charge on any atom is 0.331 e. The third-order valence-electron chi connectivity index (χ3n) is 3.76. The van der Waals surface area contributed by atoms with Gasteiger partial charge in [-0.1, -0.05) is 27.5 Å². The van der Waals surface area contributed by atoms with Gasteiger partial charge in [-0.3, -0.25) is 0 Å². The Balaban J connectivity index is 2.16. The molecule has 4 nitrogen and oxygen atoms in total. The molecule has 2 aromatic rings. The zero-order valence-corrected chi connectivity index (χ0v) is 14.9. The van der Waals surface area contributed by atoms with Crippen LogP contribution >= 0.6 is 27.5 Å². The maximum absolute atomic E-state index is 11.9. The van der Waals surface area contributed by atoms with Crippen molar-refractivity contribution in [3.63, 3.8) is 0 Å². The van der Waals surface area contributed by atoms with E-state index in [1.165, 1.54) is 0 Å². The summed E-state index contributed by atoms with van der Waals surface area (Å²) in [6.07, 6.45) is 1.56. The lowest BCUT2D eigenvalue weighted by atomic mass is 9.99. The van der Waals surface area contributed by atoms with E-state index in [4.69, 9.17) is 11.6 Å². The highest BCUT2D eigenvalue weighted by atomic mass is 79.9. The summed E-state index contributed by atoms with van der Waals surface area (Å²) in [4.78, 5) is 18.0. The number of anilines is 1. The number of carboxylic acids is 1. The number of rotatable bonds is 2. The second kappa shape index (κ2) is 5.98. The highest BCUT2D eigenvalue weighted by Gasteiger charge is 2.32. The fraction of sp³-hybridized carbons (Fsp3) is 0.176. The predicted molar refractivity (Wildman–Crippen MR) is 96.1 cm³/mol. The van der Waals surface area contributed by atoms with Crippen LogP contribution in [-0.2, 0) is 4.79 Å². The van der Waals surface area contributed by atoms with Crippen LogP contribution in [0.5, 0.6) is 0 Å². The summed E-state index contributed by atoms with van der Waals surface area (Å²) in [5.74, 6) is -0.939. The van der Waals surface area contributed by atoms with Crippen LogP contribution in [0.25, 0.3) is 0 Å². The van der Waals surface area contributed by atoms with Crippen molar-refractivity contribution in [2.75, 3.05) is 4.90 Å².